The molecular weight excluding hydrogens is 344 g/mol. The molecule has 0 unspecified atom stereocenters. The second kappa shape index (κ2) is 10.9. The summed E-state index contributed by atoms with van der Waals surface area (Å²) < 4.78 is 5.02. The van der Waals surface area contributed by atoms with E-state index >= 15 is 0 Å². The third kappa shape index (κ3) is 7.21. The fourth-order valence-electron chi connectivity index (χ4n) is 3.62. The number of phenols is 1. The maximum absolute atomic E-state index is 11.6. The molecule has 1 aliphatic rings. The molecule has 1 N–H and O–H groups in total. The van der Waals surface area contributed by atoms with E-state index in [9.17, 15) is 14.7 Å². The Bertz CT molecular complexity index is 595. The van der Waals surface area contributed by atoms with Crippen LogP contribution in [0, 0.1) is 0 Å². The van der Waals surface area contributed by atoms with Gasteiger partial charge in [0, 0.05) is 39.0 Å². The summed E-state index contributed by atoms with van der Waals surface area (Å²) in [5, 5.41) is 9.43. The molecule has 0 saturated carbocycles. The zero-order chi connectivity index (χ0) is 19.6. The standard InChI is InChI=1S/C21H32N2O4/c1-3-27-21(26)5-4-13-23(14-10-18-6-8-20(25)9-7-18)19-11-15-22(16-12-19)17(2)24/h6-9,19,25H,3-5,10-16H2,1-2H3. The van der Waals surface area contributed by atoms with Crippen LogP contribution >= 0.6 is 0 Å². The highest BCUT2D eigenvalue weighted by molar-refractivity contribution is 5.73. The molecule has 2 rings (SSSR count). The third-order valence-electron chi connectivity index (χ3n) is 5.18. The number of benzene rings is 1. The summed E-state index contributed by atoms with van der Waals surface area (Å²) in [6.07, 6.45) is 4.05. The Labute approximate surface area is 162 Å². The lowest BCUT2D eigenvalue weighted by Gasteiger charge is -2.38. The summed E-state index contributed by atoms with van der Waals surface area (Å²) in [7, 11) is 0. The van der Waals surface area contributed by atoms with Crippen molar-refractivity contribution in [2.45, 2.75) is 52.0 Å². The molecule has 1 aromatic rings. The zero-order valence-electron chi connectivity index (χ0n) is 16.5. The fraction of sp³-hybridized carbons (Fsp3) is 0.619. The van der Waals surface area contributed by atoms with Gasteiger partial charge in [0.25, 0.3) is 0 Å². The number of carbonyl (C=O) groups is 2. The average Bonchev–Trinajstić information content (AvgIpc) is 2.66. The van der Waals surface area contributed by atoms with Gasteiger partial charge in [-0.1, -0.05) is 12.1 Å². The molecule has 1 saturated heterocycles. The molecule has 0 aliphatic carbocycles. The Balaban J connectivity index is 1.90. The van der Waals surface area contributed by atoms with Crippen LogP contribution in [-0.4, -0.2) is 65.6 Å². The van der Waals surface area contributed by atoms with Gasteiger partial charge in [0.05, 0.1) is 6.61 Å². The SMILES string of the molecule is CCOC(=O)CCCN(CCc1ccc(O)cc1)C1CCN(C(C)=O)CC1. The van der Waals surface area contributed by atoms with E-state index in [1.54, 1.807) is 19.1 Å². The van der Waals surface area contributed by atoms with E-state index in [-0.39, 0.29) is 17.6 Å². The number of ether oxygens (including phenoxy) is 1. The van der Waals surface area contributed by atoms with Crippen molar-refractivity contribution >= 4 is 11.9 Å². The number of hydrogen-bond donors (Lipinski definition) is 1. The minimum Gasteiger partial charge on any atom is -0.508 e. The van der Waals surface area contributed by atoms with Crippen LogP contribution in [-0.2, 0) is 20.7 Å². The molecule has 0 atom stereocenters. The number of aromatic hydroxyl groups is 1. The first kappa shape index (κ1) is 21.2. The number of hydrogen-bond acceptors (Lipinski definition) is 5. The minimum absolute atomic E-state index is 0.137. The first-order valence-electron chi connectivity index (χ1n) is 9.92. The molecule has 27 heavy (non-hydrogen) atoms. The topological polar surface area (TPSA) is 70.1 Å². The molecule has 150 valence electrons. The summed E-state index contributed by atoms with van der Waals surface area (Å²) in [5.74, 6) is 0.287. The number of likely N-dealkylation sites (tertiary alicyclic amines) is 1. The van der Waals surface area contributed by atoms with Crippen molar-refractivity contribution in [3.05, 3.63) is 29.8 Å². The number of piperidine rings is 1. The van der Waals surface area contributed by atoms with Gasteiger partial charge in [-0.15, -0.1) is 0 Å². The average molecular weight is 376 g/mol. The van der Waals surface area contributed by atoms with Crippen LogP contribution in [0.1, 0.15) is 45.1 Å². The molecular formula is C21H32N2O4. The number of phenolic OH excluding ortho intramolecular Hbond substituents is 1. The number of esters is 1. The third-order valence-corrected chi connectivity index (χ3v) is 5.18. The second-order valence-electron chi connectivity index (χ2n) is 7.10. The van der Waals surface area contributed by atoms with Crippen molar-refractivity contribution in [1.29, 1.82) is 0 Å². The van der Waals surface area contributed by atoms with Crippen molar-refractivity contribution < 1.29 is 19.4 Å². The molecule has 1 fully saturated rings. The Morgan fingerprint density at radius 1 is 1.19 bits per heavy atom. The Hall–Kier alpha value is -2.08. The molecule has 0 aromatic heterocycles. The molecule has 0 radical (unpaired) electrons. The number of carbonyl (C=O) groups excluding carboxylic acids is 2. The summed E-state index contributed by atoms with van der Waals surface area (Å²) in [4.78, 5) is 27.5. The van der Waals surface area contributed by atoms with Crippen molar-refractivity contribution in [2.75, 3.05) is 32.8 Å². The van der Waals surface area contributed by atoms with Gasteiger partial charge in [0.2, 0.25) is 5.91 Å². The molecule has 0 spiro atoms. The predicted molar refractivity (Wildman–Crippen MR) is 105 cm³/mol. The van der Waals surface area contributed by atoms with Gasteiger partial charge in [-0.25, -0.2) is 0 Å². The molecule has 1 aromatic carbocycles. The Morgan fingerprint density at radius 3 is 2.44 bits per heavy atom. The molecule has 1 aliphatic heterocycles. The van der Waals surface area contributed by atoms with E-state index in [0.29, 0.717) is 19.1 Å². The maximum atomic E-state index is 11.6. The molecule has 6 heteroatoms. The van der Waals surface area contributed by atoms with Crippen LogP contribution < -0.4 is 0 Å². The van der Waals surface area contributed by atoms with Crippen LogP contribution in [0.2, 0.25) is 0 Å². The van der Waals surface area contributed by atoms with Gasteiger partial charge < -0.3 is 14.7 Å². The summed E-state index contributed by atoms with van der Waals surface area (Å²) in [6.45, 7) is 7.22. The molecule has 6 nitrogen and oxygen atoms in total. The van der Waals surface area contributed by atoms with Gasteiger partial charge in [0.15, 0.2) is 0 Å². The van der Waals surface area contributed by atoms with Crippen LogP contribution in [0.15, 0.2) is 24.3 Å². The number of amides is 1. The summed E-state index contributed by atoms with van der Waals surface area (Å²) >= 11 is 0. The number of rotatable bonds is 9. The summed E-state index contributed by atoms with van der Waals surface area (Å²) in [5.41, 5.74) is 1.18. The highest BCUT2D eigenvalue weighted by atomic mass is 16.5. The highest BCUT2D eigenvalue weighted by Crippen LogP contribution is 2.19. The van der Waals surface area contributed by atoms with E-state index in [1.807, 2.05) is 24.0 Å². The van der Waals surface area contributed by atoms with E-state index in [2.05, 4.69) is 4.90 Å². The monoisotopic (exact) mass is 376 g/mol. The van der Waals surface area contributed by atoms with Crippen LogP contribution in [0.25, 0.3) is 0 Å². The van der Waals surface area contributed by atoms with Crippen molar-refractivity contribution in [2.24, 2.45) is 0 Å². The van der Waals surface area contributed by atoms with Crippen LogP contribution in [0.3, 0.4) is 0 Å². The zero-order valence-corrected chi connectivity index (χ0v) is 16.5. The van der Waals surface area contributed by atoms with Crippen LogP contribution in [0.4, 0.5) is 0 Å². The van der Waals surface area contributed by atoms with Crippen molar-refractivity contribution in [3.63, 3.8) is 0 Å². The summed E-state index contributed by atoms with van der Waals surface area (Å²) in [6, 6.07) is 7.76. The largest absolute Gasteiger partial charge is 0.508 e. The van der Waals surface area contributed by atoms with Crippen molar-refractivity contribution in [3.8, 4) is 5.75 Å². The fourth-order valence-corrected chi connectivity index (χ4v) is 3.62. The van der Waals surface area contributed by atoms with Gasteiger partial charge in [-0.2, -0.15) is 0 Å². The molecule has 0 bridgehead atoms. The Kier molecular flexibility index (Phi) is 8.58. The molecule has 1 heterocycles. The van der Waals surface area contributed by atoms with Gasteiger partial charge in [0.1, 0.15) is 5.75 Å². The highest BCUT2D eigenvalue weighted by Gasteiger charge is 2.25. The first-order chi connectivity index (χ1) is 13.0. The van der Waals surface area contributed by atoms with Crippen LogP contribution in [0.5, 0.6) is 5.75 Å². The van der Waals surface area contributed by atoms with E-state index in [0.717, 1.165) is 51.9 Å². The van der Waals surface area contributed by atoms with E-state index in [4.69, 9.17) is 4.74 Å². The quantitative estimate of drug-likeness (QED) is 0.671. The maximum Gasteiger partial charge on any atom is 0.305 e. The predicted octanol–water partition coefficient (Wildman–Crippen LogP) is 2.59. The lowest BCUT2D eigenvalue weighted by Crippen LogP contribution is -2.47. The minimum atomic E-state index is -0.137. The van der Waals surface area contributed by atoms with Gasteiger partial charge in [-0.3, -0.25) is 14.5 Å². The normalized spacial score (nSPS) is 15.1. The van der Waals surface area contributed by atoms with E-state index < -0.39 is 0 Å². The Morgan fingerprint density at radius 2 is 1.85 bits per heavy atom. The lowest BCUT2D eigenvalue weighted by atomic mass is 10.0. The van der Waals surface area contributed by atoms with E-state index in [1.165, 1.54) is 5.56 Å². The van der Waals surface area contributed by atoms with Gasteiger partial charge >= 0.3 is 5.97 Å². The smallest absolute Gasteiger partial charge is 0.305 e. The first-order valence-corrected chi connectivity index (χ1v) is 9.92. The second-order valence-corrected chi connectivity index (χ2v) is 7.10. The van der Waals surface area contributed by atoms with Gasteiger partial charge in [-0.05, 0) is 56.8 Å². The van der Waals surface area contributed by atoms with Crippen molar-refractivity contribution in [1.82, 2.24) is 9.80 Å². The number of nitrogens with zero attached hydrogens (tertiary/aromatic N) is 2. The lowest BCUT2D eigenvalue weighted by molar-refractivity contribution is -0.143. The molecule has 1 amide bonds.